The molecule has 0 aromatic rings. The van der Waals surface area contributed by atoms with Gasteiger partial charge >= 0.3 is 5.97 Å². The van der Waals surface area contributed by atoms with E-state index in [1.54, 1.807) is 6.92 Å². The number of piperazine rings is 1. The molecule has 0 radical (unpaired) electrons. The summed E-state index contributed by atoms with van der Waals surface area (Å²) >= 11 is 0. The lowest BCUT2D eigenvalue weighted by Crippen LogP contribution is -2.67. The highest BCUT2D eigenvalue weighted by Gasteiger charge is 2.46. The minimum Gasteiger partial charge on any atom is -0.480 e. The zero-order valence-corrected chi connectivity index (χ0v) is 8.97. The van der Waals surface area contributed by atoms with E-state index in [2.05, 4.69) is 5.32 Å². The highest BCUT2D eigenvalue weighted by molar-refractivity contribution is 5.99. The molecule has 16 heavy (non-hydrogen) atoms. The van der Waals surface area contributed by atoms with Crippen molar-refractivity contribution in [2.75, 3.05) is 0 Å². The SMILES string of the molecule is CC1NC(=O)C2CCCC(C(=O)O)N2C1=O. The van der Waals surface area contributed by atoms with Gasteiger partial charge in [0.05, 0.1) is 0 Å². The second kappa shape index (κ2) is 3.77. The van der Waals surface area contributed by atoms with Crippen molar-refractivity contribution in [2.45, 2.75) is 44.3 Å². The second-order valence-electron chi connectivity index (χ2n) is 4.28. The van der Waals surface area contributed by atoms with Gasteiger partial charge in [0.15, 0.2) is 0 Å². The first-order valence-electron chi connectivity index (χ1n) is 5.37. The fourth-order valence-corrected chi connectivity index (χ4v) is 2.40. The maximum absolute atomic E-state index is 11.9. The molecule has 2 aliphatic rings. The molecule has 2 heterocycles. The topological polar surface area (TPSA) is 86.7 Å². The van der Waals surface area contributed by atoms with Crippen LogP contribution in [0.2, 0.25) is 0 Å². The van der Waals surface area contributed by atoms with E-state index in [0.29, 0.717) is 19.3 Å². The van der Waals surface area contributed by atoms with E-state index in [0.717, 1.165) is 0 Å². The number of carbonyl (C=O) groups is 3. The van der Waals surface area contributed by atoms with Gasteiger partial charge in [-0.2, -0.15) is 0 Å². The molecule has 3 unspecified atom stereocenters. The lowest BCUT2D eigenvalue weighted by molar-refractivity contribution is -0.163. The highest BCUT2D eigenvalue weighted by Crippen LogP contribution is 2.26. The molecular formula is C10H14N2O4. The Balaban J connectivity index is 2.31. The molecule has 0 bridgehead atoms. The van der Waals surface area contributed by atoms with Crippen molar-refractivity contribution in [1.82, 2.24) is 10.2 Å². The number of carboxylic acid groups (broad SMARTS) is 1. The number of carboxylic acids is 1. The first-order valence-corrected chi connectivity index (χ1v) is 5.37. The maximum Gasteiger partial charge on any atom is 0.326 e. The third kappa shape index (κ3) is 1.54. The summed E-state index contributed by atoms with van der Waals surface area (Å²) in [4.78, 5) is 35.8. The van der Waals surface area contributed by atoms with E-state index in [4.69, 9.17) is 5.11 Å². The van der Waals surface area contributed by atoms with Crippen LogP contribution < -0.4 is 5.32 Å². The van der Waals surface area contributed by atoms with Gasteiger partial charge in [0, 0.05) is 0 Å². The van der Waals surface area contributed by atoms with Crippen molar-refractivity contribution >= 4 is 17.8 Å². The van der Waals surface area contributed by atoms with Gasteiger partial charge in [-0.15, -0.1) is 0 Å². The van der Waals surface area contributed by atoms with E-state index in [9.17, 15) is 14.4 Å². The van der Waals surface area contributed by atoms with Gasteiger partial charge in [-0.05, 0) is 26.2 Å². The lowest BCUT2D eigenvalue weighted by atomic mass is 9.92. The molecule has 0 aromatic carbocycles. The summed E-state index contributed by atoms with van der Waals surface area (Å²) < 4.78 is 0. The molecule has 0 saturated carbocycles. The summed E-state index contributed by atoms with van der Waals surface area (Å²) in [5, 5.41) is 11.6. The van der Waals surface area contributed by atoms with E-state index in [-0.39, 0.29) is 11.8 Å². The third-order valence-corrected chi connectivity index (χ3v) is 3.20. The molecule has 0 aromatic heterocycles. The normalized spacial score (nSPS) is 34.3. The highest BCUT2D eigenvalue weighted by atomic mass is 16.4. The first-order chi connectivity index (χ1) is 7.52. The predicted octanol–water partition coefficient (Wildman–Crippen LogP) is -0.661. The van der Waals surface area contributed by atoms with Crippen molar-refractivity contribution < 1.29 is 19.5 Å². The Morgan fingerprint density at radius 1 is 1.44 bits per heavy atom. The van der Waals surface area contributed by atoms with Gasteiger partial charge in [-0.3, -0.25) is 9.59 Å². The van der Waals surface area contributed by atoms with Crippen molar-refractivity contribution in [1.29, 1.82) is 0 Å². The minimum absolute atomic E-state index is 0.238. The average molecular weight is 226 g/mol. The Labute approximate surface area is 92.6 Å². The molecule has 2 fully saturated rings. The molecule has 0 aliphatic carbocycles. The van der Waals surface area contributed by atoms with Crippen LogP contribution in [-0.2, 0) is 14.4 Å². The molecule has 0 spiro atoms. The molecule has 2 N–H and O–H groups in total. The molecule has 88 valence electrons. The number of carbonyl (C=O) groups excluding carboxylic acids is 2. The summed E-state index contributed by atoms with van der Waals surface area (Å²) in [6.07, 6.45) is 1.64. The smallest absolute Gasteiger partial charge is 0.326 e. The molecule has 2 amide bonds. The average Bonchev–Trinajstić information content (AvgIpc) is 2.25. The fraction of sp³-hybridized carbons (Fsp3) is 0.700. The molecule has 6 heteroatoms. The van der Waals surface area contributed by atoms with Crippen molar-refractivity contribution in [2.24, 2.45) is 0 Å². The Kier molecular flexibility index (Phi) is 2.57. The Morgan fingerprint density at radius 3 is 2.75 bits per heavy atom. The summed E-state index contributed by atoms with van der Waals surface area (Å²) in [7, 11) is 0. The van der Waals surface area contributed by atoms with E-state index in [1.807, 2.05) is 0 Å². The van der Waals surface area contributed by atoms with E-state index in [1.165, 1.54) is 4.90 Å². The molecule has 2 aliphatic heterocycles. The van der Waals surface area contributed by atoms with Crippen LogP contribution in [0.3, 0.4) is 0 Å². The van der Waals surface area contributed by atoms with Gasteiger partial charge in [0.2, 0.25) is 11.8 Å². The number of nitrogens with one attached hydrogen (secondary N) is 1. The summed E-state index contributed by atoms with van der Waals surface area (Å²) in [5.74, 6) is -1.56. The molecule has 3 atom stereocenters. The summed E-state index contributed by atoms with van der Waals surface area (Å²) in [6.45, 7) is 1.57. The van der Waals surface area contributed by atoms with Crippen molar-refractivity contribution in [3.05, 3.63) is 0 Å². The largest absolute Gasteiger partial charge is 0.480 e. The number of rotatable bonds is 1. The molecule has 2 saturated heterocycles. The van der Waals surface area contributed by atoms with Gasteiger partial charge in [-0.1, -0.05) is 0 Å². The zero-order valence-electron chi connectivity index (χ0n) is 8.97. The van der Waals surface area contributed by atoms with Crippen LogP contribution in [0.25, 0.3) is 0 Å². The van der Waals surface area contributed by atoms with Gasteiger partial charge in [0.25, 0.3) is 0 Å². The fourth-order valence-electron chi connectivity index (χ4n) is 2.40. The number of amides is 2. The number of aliphatic carboxylic acids is 1. The van der Waals surface area contributed by atoms with Gasteiger partial charge in [-0.25, -0.2) is 4.79 Å². The Hall–Kier alpha value is -1.59. The number of nitrogens with zero attached hydrogens (tertiary/aromatic N) is 1. The number of hydrogen-bond acceptors (Lipinski definition) is 3. The van der Waals surface area contributed by atoms with Gasteiger partial charge < -0.3 is 15.3 Å². The monoisotopic (exact) mass is 226 g/mol. The summed E-state index contributed by atoms with van der Waals surface area (Å²) in [5.41, 5.74) is 0. The van der Waals surface area contributed by atoms with Crippen molar-refractivity contribution in [3.8, 4) is 0 Å². The molecule has 2 rings (SSSR count). The maximum atomic E-state index is 11.9. The quantitative estimate of drug-likeness (QED) is 0.621. The van der Waals surface area contributed by atoms with Crippen LogP contribution >= 0.6 is 0 Å². The predicted molar refractivity (Wildman–Crippen MR) is 53.5 cm³/mol. The van der Waals surface area contributed by atoms with E-state index < -0.39 is 24.1 Å². The van der Waals surface area contributed by atoms with Crippen LogP contribution in [0.1, 0.15) is 26.2 Å². The zero-order chi connectivity index (χ0) is 11.9. The van der Waals surface area contributed by atoms with Gasteiger partial charge in [0.1, 0.15) is 18.1 Å². The van der Waals surface area contributed by atoms with Crippen LogP contribution in [0.4, 0.5) is 0 Å². The third-order valence-electron chi connectivity index (χ3n) is 3.20. The van der Waals surface area contributed by atoms with Crippen LogP contribution in [0.15, 0.2) is 0 Å². The van der Waals surface area contributed by atoms with Crippen molar-refractivity contribution in [3.63, 3.8) is 0 Å². The lowest BCUT2D eigenvalue weighted by Gasteiger charge is -2.44. The Morgan fingerprint density at radius 2 is 2.12 bits per heavy atom. The van der Waals surface area contributed by atoms with Crippen LogP contribution in [0.5, 0.6) is 0 Å². The molecule has 6 nitrogen and oxygen atoms in total. The standard InChI is InChI=1S/C10H14N2O4/c1-5-9(14)12-6(8(13)11-5)3-2-4-7(12)10(15)16/h5-7H,2-4H2,1H3,(H,11,13)(H,15,16). The molecular weight excluding hydrogens is 212 g/mol. The first kappa shape index (κ1) is 10.9. The Bertz CT molecular complexity index is 349. The minimum atomic E-state index is -1.03. The number of hydrogen-bond donors (Lipinski definition) is 2. The number of fused-ring (bicyclic) bond motifs is 1. The van der Waals surface area contributed by atoms with Crippen LogP contribution in [0, 0.1) is 0 Å². The second-order valence-corrected chi connectivity index (χ2v) is 4.28. The van der Waals surface area contributed by atoms with Crippen LogP contribution in [-0.4, -0.2) is 45.9 Å². The number of piperidine rings is 1. The summed E-state index contributed by atoms with van der Waals surface area (Å²) in [6, 6.07) is -2.07. The van der Waals surface area contributed by atoms with E-state index >= 15 is 0 Å².